The number of nitrogens with zero attached hydrogens (tertiary/aromatic N) is 2. The zero-order valence-corrected chi connectivity index (χ0v) is 12.4. The zero-order chi connectivity index (χ0) is 14.7. The number of benzene rings is 1. The number of rotatable bonds is 4. The van der Waals surface area contributed by atoms with Crippen molar-refractivity contribution in [3.8, 4) is 0 Å². The van der Waals surface area contributed by atoms with Crippen molar-refractivity contribution in [2.75, 3.05) is 5.32 Å². The molecule has 0 atom stereocenters. The van der Waals surface area contributed by atoms with E-state index in [4.69, 9.17) is 0 Å². The Morgan fingerprint density at radius 1 is 1.33 bits per heavy atom. The third-order valence-corrected chi connectivity index (χ3v) is 4.07. The molecular weight excluding hydrogens is 282 g/mol. The Hall–Kier alpha value is -2.40. The van der Waals surface area contributed by atoms with Crippen LogP contribution in [0.1, 0.15) is 20.1 Å². The fraction of sp³-hybridized carbons (Fsp3) is 0.125. The molecule has 3 aromatic rings. The van der Waals surface area contributed by atoms with E-state index in [-0.39, 0.29) is 5.91 Å². The Bertz CT molecular complexity index is 746. The molecule has 21 heavy (non-hydrogen) atoms. The summed E-state index contributed by atoms with van der Waals surface area (Å²) in [6.07, 6.45) is 5.45. The molecule has 2 heterocycles. The molecule has 0 bridgehead atoms. The molecule has 0 fully saturated rings. The predicted molar refractivity (Wildman–Crippen MR) is 84.8 cm³/mol. The highest BCUT2D eigenvalue weighted by atomic mass is 32.1. The highest BCUT2D eigenvalue weighted by Crippen LogP contribution is 2.18. The summed E-state index contributed by atoms with van der Waals surface area (Å²) >= 11 is 1.50. The summed E-state index contributed by atoms with van der Waals surface area (Å²) in [6.45, 7) is 2.73. The fourth-order valence-corrected chi connectivity index (χ4v) is 2.85. The van der Waals surface area contributed by atoms with E-state index in [0.717, 1.165) is 27.5 Å². The van der Waals surface area contributed by atoms with Gasteiger partial charge in [-0.05, 0) is 36.8 Å². The maximum Gasteiger partial charge on any atom is 0.265 e. The number of thiophene rings is 1. The lowest BCUT2D eigenvalue weighted by Crippen LogP contribution is -2.10. The molecule has 1 amide bonds. The quantitative estimate of drug-likeness (QED) is 0.800. The van der Waals surface area contributed by atoms with Gasteiger partial charge in [-0.3, -0.25) is 4.79 Å². The second-order valence-electron chi connectivity index (χ2n) is 4.80. The third kappa shape index (κ3) is 3.38. The summed E-state index contributed by atoms with van der Waals surface area (Å²) in [7, 11) is 0. The molecule has 0 unspecified atom stereocenters. The highest BCUT2D eigenvalue weighted by Gasteiger charge is 2.08. The molecule has 3 rings (SSSR count). The van der Waals surface area contributed by atoms with E-state index in [1.165, 1.54) is 11.3 Å². The lowest BCUT2D eigenvalue weighted by atomic mass is 10.2. The second kappa shape index (κ2) is 5.93. The van der Waals surface area contributed by atoms with Crippen molar-refractivity contribution in [2.45, 2.75) is 13.5 Å². The van der Waals surface area contributed by atoms with E-state index >= 15 is 0 Å². The van der Waals surface area contributed by atoms with Crippen LogP contribution in [0, 0.1) is 6.92 Å². The third-order valence-electron chi connectivity index (χ3n) is 3.07. The molecule has 0 radical (unpaired) electrons. The average molecular weight is 297 g/mol. The molecule has 106 valence electrons. The first-order valence-electron chi connectivity index (χ1n) is 6.63. The molecule has 0 aliphatic carbocycles. The van der Waals surface area contributed by atoms with Crippen molar-refractivity contribution in [1.29, 1.82) is 0 Å². The Balaban J connectivity index is 1.72. The average Bonchev–Trinajstić information content (AvgIpc) is 3.11. The number of carbonyl (C=O) groups is 1. The van der Waals surface area contributed by atoms with Crippen LogP contribution < -0.4 is 5.32 Å². The molecule has 1 aromatic carbocycles. The maximum absolute atomic E-state index is 12.1. The van der Waals surface area contributed by atoms with Crippen LogP contribution in [0.2, 0.25) is 0 Å². The van der Waals surface area contributed by atoms with Gasteiger partial charge in [-0.1, -0.05) is 12.1 Å². The van der Waals surface area contributed by atoms with Crippen molar-refractivity contribution in [2.24, 2.45) is 0 Å². The first-order valence-corrected chi connectivity index (χ1v) is 7.45. The van der Waals surface area contributed by atoms with Gasteiger partial charge in [0.1, 0.15) is 0 Å². The number of hydrogen-bond acceptors (Lipinski definition) is 3. The Morgan fingerprint density at radius 2 is 2.24 bits per heavy atom. The summed E-state index contributed by atoms with van der Waals surface area (Å²) in [4.78, 5) is 18.0. The van der Waals surface area contributed by atoms with Crippen LogP contribution in [0.4, 0.5) is 5.69 Å². The molecule has 1 N–H and O–H groups in total. The molecule has 0 spiro atoms. The molecule has 2 aromatic heterocycles. The molecule has 0 aliphatic heterocycles. The van der Waals surface area contributed by atoms with Gasteiger partial charge >= 0.3 is 0 Å². The standard InChI is InChI=1S/C16H15N3OS/c1-12-5-6-15(21-12)16(20)18-14-4-2-3-13(9-14)10-19-8-7-17-11-19/h2-9,11H,10H2,1H3,(H,18,20). The number of anilines is 1. The van der Waals surface area contributed by atoms with Gasteiger partial charge in [0.05, 0.1) is 11.2 Å². The van der Waals surface area contributed by atoms with Crippen LogP contribution in [0.5, 0.6) is 0 Å². The smallest absolute Gasteiger partial charge is 0.265 e. The van der Waals surface area contributed by atoms with Gasteiger partial charge in [0, 0.05) is 29.5 Å². The minimum absolute atomic E-state index is 0.0621. The summed E-state index contributed by atoms with van der Waals surface area (Å²) in [6, 6.07) is 11.7. The molecule has 0 saturated heterocycles. The lowest BCUT2D eigenvalue weighted by molar-refractivity contribution is 0.103. The Morgan fingerprint density at radius 3 is 2.95 bits per heavy atom. The minimum Gasteiger partial charge on any atom is -0.333 e. The van der Waals surface area contributed by atoms with Crippen LogP contribution >= 0.6 is 11.3 Å². The van der Waals surface area contributed by atoms with E-state index < -0.39 is 0 Å². The second-order valence-corrected chi connectivity index (χ2v) is 6.09. The first-order chi connectivity index (χ1) is 10.2. The largest absolute Gasteiger partial charge is 0.333 e. The zero-order valence-electron chi connectivity index (χ0n) is 11.6. The van der Waals surface area contributed by atoms with Gasteiger partial charge in [-0.25, -0.2) is 4.98 Å². The van der Waals surface area contributed by atoms with E-state index in [1.807, 2.05) is 54.1 Å². The van der Waals surface area contributed by atoms with E-state index in [9.17, 15) is 4.79 Å². The van der Waals surface area contributed by atoms with Crippen LogP contribution in [0.25, 0.3) is 0 Å². The topological polar surface area (TPSA) is 46.9 Å². The van der Waals surface area contributed by atoms with Crippen molar-refractivity contribution in [3.63, 3.8) is 0 Å². The van der Waals surface area contributed by atoms with Gasteiger partial charge in [0.25, 0.3) is 5.91 Å². The first kappa shape index (κ1) is 13.6. The molecule has 0 saturated carbocycles. The molecular formula is C16H15N3OS. The molecule has 5 heteroatoms. The van der Waals surface area contributed by atoms with Gasteiger partial charge in [0.2, 0.25) is 0 Å². The Labute approximate surface area is 127 Å². The van der Waals surface area contributed by atoms with E-state index in [0.29, 0.717) is 0 Å². The van der Waals surface area contributed by atoms with Crippen LogP contribution in [-0.4, -0.2) is 15.5 Å². The van der Waals surface area contributed by atoms with Gasteiger partial charge in [0.15, 0.2) is 0 Å². The number of aryl methyl sites for hydroxylation is 1. The van der Waals surface area contributed by atoms with Gasteiger partial charge < -0.3 is 9.88 Å². The number of hydrogen-bond donors (Lipinski definition) is 1. The Kier molecular flexibility index (Phi) is 3.83. The SMILES string of the molecule is Cc1ccc(C(=O)Nc2cccc(Cn3ccnc3)c2)s1. The maximum atomic E-state index is 12.1. The monoisotopic (exact) mass is 297 g/mol. The summed E-state index contributed by atoms with van der Waals surface area (Å²) < 4.78 is 1.99. The predicted octanol–water partition coefficient (Wildman–Crippen LogP) is 3.55. The van der Waals surface area contributed by atoms with E-state index in [2.05, 4.69) is 10.3 Å². The van der Waals surface area contributed by atoms with Crippen LogP contribution in [-0.2, 0) is 6.54 Å². The summed E-state index contributed by atoms with van der Waals surface area (Å²) in [5, 5.41) is 2.94. The van der Waals surface area contributed by atoms with Crippen molar-refractivity contribution < 1.29 is 4.79 Å². The van der Waals surface area contributed by atoms with Gasteiger partial charge in [-0.2, -0.15) is 0 Å². The fourth-order valence-electron chi connectivity index (χ4n) is 2.09. The van der Waals surface area contributed by atoms with E-state index in [1.54, 1.807) is 12.5 Å². The number of aromatic nitrogens is 2. The minimum atomic E-state index is -0.0621. The molecule has 0 aliphatic rings. The van der Waals surface area contributed by atoms with Gasteiger partial charge in [-0.15, -0.1) is 11.3 Å². The highest BCUT2D eigenvalue weighted by molar-refractivity contribution is 7.14. The van der Waals surface area contributed by atoms with Crippen molar-refractivity contribution in [1.82, 2.24) is 9.55 Å². The summed E-state index contributed by atoms with van der Waals surface area (Å²) in [5.74, 6) is -0.0621. The molecule has 4 nitrogen and oxygen atoms in total. The number of nitrogens with one attached hydrogen (secondary N) is 1. The van der Waals surface area contributed by atoms with Crippen molar-refractivity contribution >= 4 is 22.9 Å². The number of carbonyl (C=O) groups excluding carboxylic acids is 1. The van der Waals surface area contributed by atoms with Crippen LogP contribution in [0.15, 0.2) is 55.1 Å². The number of imidazole rings is 1. The van der Waals surface area contributed by atoms with Crippen molar-refractivity contribution in [3.05, 3.63) is 70.4 Å². The van der Waals surface area contributed by atoms with Crippen LogP contribution in [0.3, 0.4) is 0 Å². The number of amides is 1. The lowest BCUT2D eigenvalue weighted by Gasteiger charge is -2.07. The summed E-state index contributed by atoms with van der Waals surface area (Å²) in [5.41, 5.74) is 1.93. The normalized spacial score (nSPS) is 10.5.